The van der Waals surface area contributed by atoms with Gasteiger partial charge in [0.25, 0.3) is 10.0 Å². The average Bonchev–Trinajstić information content (AvgIpc) is 3.29. The van der Waals surface area contributed by atoms with Crippen molar-refractivity contribution in [1.82, 2.24) is 24.8 Å². The van der Waals surface area contributed by atoms with Gasteiger partial charge in [0.2, 0.25) is 0 Å². The minimum Gasteiger partial charge on any atom is -0.280 e. The van der Waals surface area contributed by atoms with Gasteiger partial charge in [-0.25, -0.2) is 13.4 Å². The maximum Gasteiger partial charge on any atom is 0.261 e. The van der Waals surface area contributed by atoms with Gasteiger partial charge in [-0.05, 0) is 56.3 Å². The zero-order valence-corrected chi connectivity index (χ0v) is 17.7. The first-order chi connectivity index (χ1) is 14.4. The Balaban J connectivity index is 1.42. The minimum atomic E-state index is -3.71. The number of benzene rings is 2. The fourth-order valence-electron chi connectivity index (χ4n) is 3.16. The van der Waals surface area contributed by atoms with Crippen LogP contribution in [0, 0.1) is 13.8 Å². The van der Waals surface area contributed by atoms with Crippen molar-refractivity contribution in [2.24, 2.45) is 0 Å². The molecule has 150 valence electrons. The molecule has 0 aliphatic rings. The lowest BCUT2D eigenvalue weighted by molar-refractivity contribution is 0.601. The lowest BCUT2D eigenvalue weighted by atomic mass is 10.1. The van der Waals surface area contributed by atoms with E-state index >= 15 is 0 Å². The molecule has 0 atom stereocenters. The van der Waals surface area contributed by atoms with Gasteiger partial charge in [0.1, 0.15) is 0 Å². The molecule has 0 aliphatic heterocycles. The summed E-state index contributed by atoms with van der Waals surface area (Å²) in [6, 6.07) is 15.7. The van der Waals surface area contributed by atoms with E-state index in [-0.39, 0.29) is 4.90 Å². The van der Waals surface area contributed by atoms with E-state index in [1.165, 1.54) is 11.3 Å². The summed E-state index contributed by atoms with van der Waals surface area (Å²) in [5.41, 5.74) is 3.54. The van der Waals surface area contributed by atoms with Crippen molar-refractivity contribution < 1.29 is 8.42 Å². The third kappa shape index (κ3) is 3.29. The first-order valence-electron chi connectivity index (χ1n) is 9.09. The minimum absolute atomic E-state index is 0.206. The van der Waals surface area contributed by atoms with Crippen LogP contribution in [0.25, 0.3) is 27.1 Å². The van der Waals surface area contributed by atoms with Crippen LogP contribution in [0.1, 0.15) is 10.8 Å². The van der Waals surface area contributed by atoms with Gasteiger partial charge in [-0.1, -0.05) is 12.1 Å². The topological polar surface area (TPSA) is 102 Å². The molecule has 3 heterocycles. The number of anilines is 1. The fourth-order valence-corrected chi connectivity index (χ4v) is 5.19. The summed E-state index contributed by atoms with van der Waals surface area (Å²) in [4.78, 5) is 4.57. The lowest BCUT2D eigenvalue weighted by Gasteiger charge is -2.09. The highest BCUT2D eigenvalue weighted by atomic mass is 32.2. The van der Waals surface area contributed by atoms with Crippen molar-refractivity contribution in [3.8, 4) is 11.3 Å². The predicted molar refractivity (Wildman–Crippen MR) is 116 cm³/mol. The van der Waals surface area contributed by atoms with Crippen molar-refractivity contribution in [3.63, 3.8) is 0 Å². The number of aryl methyl sites for hydroxylation is 2. The molecule has 0 spiro atoms. The molecule has 2 aromatic carbocycles. The lowest BCUT2D eigenvalue weighted by Crippen LogP contribution is -2.12. The largest absolute Gasteiger partial charge is 0.280 e. The number of aromatic nitrogens is 5. The molecule has 8 nitrogen and oxygen atoms in total. The molecule has 30 heavy (non-hydrogen) atoms. The number of thiazole rings is 1. The Hall–Kier alpha value is -3.37. The van der Waals surface area contributed by atoms with Gasteiger partial charge in [-0.2, -0.15) is 9.61 Å². The van der Waals surface area contributed by atoms with Gasteiger partial charge >= 0.3 is 0 Å². The summed E-state index contributed by atoms with van der Waals surface area (Å²) in [6.45, 7) is 3.73. The summed E-state index contributed by atoms with van der Waals surface area (Å²) in [5.74, 6) is 0.698. The zero-order chi connectivity index (χ0) is 20.9. The highest BCUT2D eigenvalue weighted by Gasteiger charge is 2.16. The van der Waals surface area contributed by atoms with Gasteiger partial charge in [-0.15, -0.1) is 21.5 Å². The summed E-state index contributed by atoms with van der Waals surface area (Å²) in [5, 5.41) is 13.5. The first-order valence-corrected chi connectivity index (χ1v) is 11.4. The van der Waals surface area contributed by atoms with Crippen molar-refractivity contribution in [1.29, 1.82) is 0 Å². The smallest absolute Gasteiger partial charge is 0.261 e. The second-order valence-corrected chi connectivity index (χ2v) is 9.70. The van der Waals surface area contributed by atoms with E-state index in [9.17, 15) is 8.42 Å². The van der Waals surface area contributed by atoms with Crippen LogP contribution in [0.15, 0.2) is 59.5 Å². The monoisotopic (exact) mass is 436 g/mol. The summed E-state index contributed by atoms with van der Waals surface area (Å²) in [7, 11) is -3.71. The fraction of sp³-hybridized carbons (Fsp3) is 0.100. The van der Waals surface area contributed by atoms with Crippen LogP contribution >= 0.6 is 11.3 Å². The molecule has 3 aromatic heterocycles. The molecule has 0 amide bonds. The van der Waals surface area contributed by atoms with E-state index in [0.717, 1.165) is 26.5 Å². The molecular weight excluding hydrogens is 420 g/mol. The highest BCUT2D eigenvalue weighted by Crippen LogP contribution is 2.26. The molecule has 0 radical (unpaired) electrons. The first kappa shape index (κ1) is 18.6. The van der Waals surface area contributed by atoms with E-state index in [4.69, 9.17) is 0 Å². The standard InChI is InChI=1S/C20H16N6O2S2/c1-12-22-23-20-10-9-17(24-26(12)20)14-3-5-15(6-4-14)25-30(27,28)16-7-8-18-19(11-16)29-13(2)21-18/h3-11,25H,1-2H3. The van der Waals surface area contributed by atoms with Gasteiger partial charge < -0.3 is 0 Å². The maximum atomic E-state index is 12.8. The third-order valence-corrected chi connectivity index (χ3v) is 6.94. The van der Waals surface area contributed by atoms with E-state index in [2.05, 4.69) is 25.0 Å². The molecule has 0 fully saturated rings. The highest BCUT2D eigenvalue weighted by molar-refractivity contribution is 7.92. The van der Waals surface area contributed by atoms with E-state index in [1.54, 1.807) is 34.8 Å². The quantitative estimate of drug-likeness (QED) is 0.459. The molecule has 0 saturated heterocycles. The maximum absolute atomic E-state index is 12.8. The number of fused-ring (bicyclic) bond motifs is 2. The van der Waals surface area contributed by atoms with Crippen LogP contribution in [-0.4, -0.2) is 33.2 Å². The number of nitrogens with zero attached hydrogens (tertiary/aromatic N) is 5. The Morgan fingerprint density at radius 2 is 1.77 bits per heavy atom. The van der Waals surface area contributed by atoms with E-state index in [1.807, 2.05) is 38.1 Å². The van der Waals surface area contributed by atoms with Crippen LogP contribution < -0.4 is 4.72 Å². The van der Waals surface area contributed by atoms with Crippen molar-refractivity contribution >= 4 is 42.9 Å². The summed E-state index contributed by atoms with van der Waals surface area (Å²) >= 11 is 1.47. The zero-order valence-electron chi connectivity index (χ0n) is 16.1. The van der Waals surface area contributed by atoms with Crippen molar-refractivity contribution in [2.75, 3.05) is 4.72 Å². The van der Waals surface area contributed by atoms with Crippen molar-refractivity contribution in [3.05, 3.63) is 65.4 Å². The van der Waals surface area contributed by atoms with Crippen LogP contribution in [0.4, 0.5) is 5.69 Å². The van der Waals surface area contributed by atoms with Crippen LogP contribution in [0.5, 0.6) is 0 Å². The molecule has 0 unspecified atom stereocenters. The molecule has 1 N–H and O–H groups in total. The van der Waals surface area contributed by atoms with Crippen LogP contribution in [-0.2, 0) is 10.0 Å². The van der Waals surface area contributed by atoms with Gasteiger partial charge in [0.15, 0.2) is 11.5 Å². The van der Waals surface area contributed by atoms with E-state index < -0.39 is 10.0 Å². The Bertz CT molecular complexity index is 1500. The Morgan fingerprint density at radius 1 is 0.967 bits per heavy atom. The van der Waals surface area contributed by atoms with Gasteiger partial charge in [0.05, 0.1) is 25.8 Å². The molecular formula is C20H16N6O2S2. The Labute approximate surface area is 176 Å². The number of rotatable bonds is 4. The average molecular weight is 437 g/mol. The molecule has 0 bridgehead atoms. The summed E-state index contributed by atoms with van der Waals surface area (Å²) < 4.78 is 30.8. The third-order valence-electron chi connectivity index (χ3n) is 4.63. The summed E-state index contributed by atoms with van der Waals surface area (Å²) in [6.07, 6.45) is 0. The normalized spacial score (nSPS) is 11.9. The second kappa shape index (κ2) is 6.85. The molecule has 10 heteroatoms. The number of hydrogen-bond acceptors (Lipinski definition) is 7. The SMILES string of the molecule is Cc1nc2ccc(S(=O)(=O)Nc3ccc(-c4ccc5nnc(C)n5n4)cc3)cc2s1. The molecule has 5 rings (SSSR count). The Kier molecular flexibility index (Phi) is 4.26. The molecule has 0 aliphatic carbocycles. The van der Waals surface area contributed by atoms with E-state index in [0.29, 0.717) is 17.2 Å². The van der Waals surface area contributed by atoms with Crippen LogP contribution in [0.3, 0.4) is 0 Å². The number of nitrogens with one attached hydrogen (secondary N) is 1. The number of sulfonamides is 1. The van der Waals surface area contributed by atoms with Crippen LogP contribution in [0.2, 0.25) is 0 Å². The number of hydrogen-bond donors (Lipinski definition) is 1. The Morgan fingerprint density at radius 3 is 2.57 bits per heavy atom. The molecule has 5 aromatic rings. The predicted octanol–water partition coefficient (Wildman–Crippen LogP) is 3.82. The second-order valence-electron chi connectivity index (χ2n) is 6.78. The van der Waals surface area contributed by atoms with Gasteiger partial charge in [0, 0.05) is 11.3 Å². The van der Waals surface area contributed by atoms with Crippen molar-refractivity contribution in [2.45, 2.75) is 18.7 Å². The molecule has 0 saturated carbocycles. The van der Waals surface area contributed by atoms with Gasteiger partial charge in [-0.3, -0.25) is 4.72 Å².